The van der Waals surface area contributed by atoms with Gasteiger partial charge >= 0.3 is 6.03 Å². The molecule has 0 radical (unpaired) electrons. The molecule has 31 heavy (non-hydrogen) atoms. The maximum Gasteiger partial charge on any atom is 0.320 e. The van der Waals surface area contributed by atoms with Gasteiger partial charge in [0.1, 0.15) is 11.9 Å². The van der Waals surface area contributed by atoms with Crippen LogP contribution in [0.5, 0.6) is 0 Å². The van der Waals surface area contributed by atoms with Gasteiger partial charge in [-0.25, -0.2) is 9.18 Å². The Morgan fingerprint density at radius 1 is 1.03 bits per heavy atom. The number of carbonyl (C=O) groups is 2. The lowest BCUT2D eigenvalue weighted by molar-refractivity contribution is -0.122. The van der Waals surface area contributed by atoms with E-state index in [0.717, 1.165) is 0 Å². The van der Waals surface area contributed by atoms with E-state index in [1.807, 2.05) is 0 Å². The molecule has 7 nitrogen and oxygen atoms in total. The number of allylic oxidation sites excluding steroid dienone is 3. The first kappa shape index (κ1) is 22.0. The Labute approximate surface area is 184 Å². The third kappa shape index (κ3) is 6.16. The zero-order valence-electron chi connectivity index (χ0n) is 16.7. The van der Waals surface area contributed by atoms with Gasteiger partial charge in [0.25, 0.3) is 5.91 Å². The molecule has 1 aliphatic rings. The minimum Gasteiger partial charge on any atom is -0.322 e. The minimum atomic E-state index is -1.05. The lowest BCUT2D eigenvalue weighted by atomic mass is 10.0. The fourth-order valence-corrected chi connectivity index (χ4v) is 3.02. The SMILES string of the molecule is CNN=C1C=CC(NC(=O)C(NC(=O)Nc2ccc(Cl)cc2)c2ccccc2)=C(F)C1. The van der Waals surface area contributed by atoms with E-state index in [9.17, 15) is 14.0 Å². The van der Waals surface area contributed by atoms with E-state index in [1.165, 1.54) is 6.08 Å². The number of hydrogen-bond donors (Lipinski definition) is 4. The Balaban J connectivity index is 1.75. The molecule has 0 saturated heterocycles. The topological polar surface area (TPSA) is 94.6 Å². The predicted molar refractivity (Wildman–Crippen MR) is 119 cm³/mol. The highest BCUT2D eigenvalue weighted by Crippen LogP contribution is 2.20. The van der Waals surface area contributed by atoms with Gasteiger partial charge < -0.3 is 21.4 Å². The summed E-state index contributed by atoms with van der Waals surface area (Å²) in [5, 5.41) is 12.3. The summed E-state index contributed by atoms with van der Waals surface area (Å²) in [5.74, 6) is -1.11. The second-order valence-corrected chi connectivity index (χ2v) is 7.03. The van der Waals surface area contributed by atoms with Crippen molar-refractivity contribution >= 4 is 34.9 Å². The van der Waals surface area contributed by atoms with Gasteiger partial charge in [-0.3, -0.25) is 4.79 Å². The van der Waals surface area contributed by atoms with Gasteiger partial charge in [0.15, 0.2) is 0 Å². The molecule has 0 heterocycles. The van der Waals surface area contributed by atoms with Crippen LogP contribution in [-0.2, 0) is 4.79 Å². The van der Waals surface area contributed by atoms with Gasteiger partial charge in [-0.2, -0.15) is 5.10 Å². The van der Waals surface area contributed by atoms with E-state index < -0.39 is 23.8 Å². The highest BCUT2D eigenvalue weighted by atomic mass is 35.5. The molecule has 3 amide bonds. The van der Waals surface area contributed by atoms with Crippen molar-refractivity contribution in [3.05, 3.63) is 88.9 Å². The van der Waals surface area contributed by atoms with E-state index >= 15 is 0 Å². The number of hydrazone groups is 1. The quantitative estimate of drug-likeness (QED) is 0.509. The molecule has 1 aliphatic carbocycles. The summed E-state index contributed by atoms with van der Waals surface area (Å²) in [7, 11) is 1.62. The Bertz CT molecular complexity index is 1040. The van der Waals surface area contributed by atoms with Gasteiger partial charge in [0.05, 0.1) is 11.4 Å². The summed E-state index contributed by atoms with van der Waals surface area (Å²) in [6.07, 6.45) is 2.99. The van der Waals surface area contributed by atoms with E-state index in [-0.39, 0.29) is 12.1 Å². The van der Waals surface area contributed by atoms with Crippen LogP contribution in [0.2, 0.25) is 5.02 Å². The number of carbonyl (C=O) groups excluding carboxylic acids is 2. The number of nitrogens with one attached hydrogen (secondary N) is 4. The van der Waals surface area contributed by atoms with Crippen molar-refractivity contribution in [2.45, 2.75) is 12.5 Å². The number of hydrogen-bond acceptors (Lipinski definition) is 4. The summed E-state index contributed by atoms with van der Waals surface area (Å²) in [5.41, 5.74) is 4.18. The van der Waals surface area contributed by atoms with Crippen LogP contribution in [0.15, 0.2) is 83.4 Å². The summed E-state index contributed by atoms with van der Waals surface area (Å²) >= 11 is 5.85. The summed E-state index contributed by atoms with van der Waals surface area (Å²) in [6.45, 7) is 0. The number of amides is 3. The molecule has 0 saturated carbocycles. The standard InChI is InChI=1S/C22H21ClFN5O2/c1-25-29-17-11-12-19(18(24)13-17)27-21(30)20(14-5-3-2-4-6-14)28-22(31)26-16-9-7-15(23)8-10-16/h2-12,20,25H,13H2,1H3,(H,27,30)(H2,26,28,31). The van der Waals surface area contributed by atoms with Crippen LogP contribution in [0.3, 0.4) is 0 Å². The van der Waals surface area contributed by atoms with Gasteiger partial charge in [0.2, 0.25) is 0 Å². The zero-order valence-corrected chi connectivity index (χ0v) is 17.4. The molecule has 4 N–H and O–H groups in total. The van der Waals surface area contributed by atoms with E-state index in [0.29, 0.717) is 22.0 Å². The molecular formula is C22H21ClFN5O2. The van der Waals surface area contributed by atoms with E-state index in [1.54, 1.807) is 67.7 Å². The van der Waals surface area contributed by atoms with Gasteiger partial charge in [0, 0.05) is 24.2 Å². The van der Waals surface area contributed by atoms with Crippen molar-refractivity contribution in [3.8, 4) is 0 Å². The zero-order chi connectivity index (χ0) is 22.2. The number of urea groups is 1. The van der Waals surface area contributed by atoms with Crippen LogP contribution in [-0.4, -0.2) is 24.7 Å². The van der Waals surface area contributed by atoms with Crippen molar-refractivity contribution in [2.24, 2.45) is 5.10 Å². The second kappa shape index (κ2) is 10.4. The third-order valence-corrected chi connectivity index (χ3v) is 4.61. The number of rotatable bonds is 6. The molecule has 0 spiro atoms. The smallest absolute Gasteiger partial charge is 0.320 e. The molecule has 9 heteroatoms. The lowest BCUT2D eigenvalue weighted by Crippen LogP contribution is -2.42. The van der Waals surface area contributed by atoms with Gasteiger partial charge in [-0.15, -0.1) is 0 Å². The van der Waals surface area contributed by atoms with E-state index in [2.05, 4.69) is 26.5 Å². The molecule has 1 unspecified atom stereocenters. The molecule has 160 valence electrons. The van der Waals surface area contributed by atoms with Gasteiger partial charge in [-0.05, 0) is 42.0 Å². The molecule has 3 rings (SSSR count). The van der Waals surface area contributed by atoms with Crippen molar-refractivity contribution < 1.29 is 14.0 Å². The first-order chi connectivity index (χ1) is 15.0. The summed E-state index contributed by atoms with van der Waals surface area (Å²) in [6, 6.07) is 13.6. The van der Waals surface area contributed by atoms with Crippen LogP contribution in [0.25, 0.3) is 0 Å². The Morgan fingerprint density at radius 2 is 1.74 bits per heavy atom. The first-order valence-electron chi connectivity index (χ1n) is 9.45. The first-order valence-corrected chi connectivity index (χ1v) is 9.83. The molecule has 2 aromatic carbocycles. The highest BCUT2D eigenvalue weighted by Gasteiger charge is 2.25. The lowest BCUT2D eigenvalue weighted by Gasteiger charge is -2.21. The van der Waals surface area contributed by atoms with Gasteiger partial charge in [-0.1, -0.05) is 41.9 Å². The van der Waals surface area contributed by atoms with Crippen LogP contribution < -0.4 is 21.4 Å². The summed E-state index contributed by atoms with van der Waals surface area (Å²) in [4.78, 5) is 25.4. The number of nitrogens with zero attached hydrogens (tertiary/aromatic N) is 1. The van der Waals surface area contributed by atoms with Crippen molar-refractivity contribution in [2.75, 3.05) is 12.4 Å². The van der Waals surface area contributed by atoms with E-state index in [4.69, 9.17) is 11.6 Å². The van der Waals surface area contributed by atoms with Crippen molar-refractivity contribution in [1.29, 1.82) is 0 Å². The fourth-order valence-electron chi connectivity index (χ4n) is 2.90. The van der Waals surface area contributed by atoms with Crippen molar-refractivity contribution in [3.63, 3.8) is 0 Å². The number of anilines is 1. The maximum atomic E-state index is 14.4. The largest absolute Gasteiger partial charge is 0.322 e. The Kier molecular flexibility index (Phi) is 7.40. The number of benzene rings is 2. The molecule has 0 fully saturated rings. The highest BCUT2D eigenvalue weighted by molar-refractivity contribution is 6.30. The van der Waals surface area contributed by atoms with Crippen LogP contribution in [0, 0.1) is 0 Å². The molecule has 1 atom stereocenters. The Hall–Kier alpha value is -3.65. The van der Waals surface area contributed by atoms with Crippen LogP contribution in [0.1, 0.15) is 18.0 Å². The number of halogens is 2. The molecule has 0 bridgehead atoms. The fraction of sp³-hybridized carbons (Fsp3) is 0.136. The average Bonchev–Trinajstić information content (AvgIpc) is 2.76. The molecule has 0 aromatic heterocycles. The third-order valence-electron chi connectivity index (χ3n) is 4.36. The van der Waals surface area contributed by atoms with Crippen molar-refractivity contribution in [1.82, 2.24) is 16.1 Å². The monoisotopic (exact) mass is 441 g/mol. The molecular weight excluding hydrogens is 421 g/mol. The molecule has 2 aromatic rings. The second-order valence-electron chi connectivity index (χ2n) is 6.59. The predicted octanol–water partition coefficient (Wildman–Crippen LogP) is 4.04. The minimum absolute atomic E-state index is 0.0286. The molecule has 0 aliphatic heterocycles. The van der Waals surface area contributed by atoms with Crippen LogP contribution >= 0.6 is 11.6 Å². The summed E-state index contributed by atoms with van der Waals surface area (Å²) < 4.78 is 14.4. The normalized spacial score (nSPS) is 15.4. The maximum absolute atomic E-state index is 14.4. The average molecular weight is 442 g/mol. The van der Waals surface area contributed by atoms with Crippen LogP contribution in [0.4, 0.5) is 14.9 Å². The Morgan fingerprint density at radius 3 is 2.39 bits per heavy atom.